The van der Waals surface area contributed by atoms with E-state index in [-0.39, 0.29) is 30.3 Å². The molecule has 0 radical (unpaired) electrons. The van der Waals surface area contributed by atoms with Crippen molar-refractivity contribution >= 4 is 10.0 Å². The first-order valence-electron chi connectivity index (χ1n) is 7.45. The van der Waals surface area contributed by atoms with Crippen molar-refractivity contribution in [3.05, 3.63) is 41.5 Å². The Morgan fingerprint density at radius 2 is 2.12 bits per heavy atom. The molecule has 8 nitrogen and oxygen atoms in total. The molecule has 1 aliphatic heterocycles. The highest BCUT2D eigenvalue weighted by Gasteiger charge is 2.46. The number of sulfonamides is 1. The topological polar surface area (TPSA) is 120 Å². The van der Waals surface area contributed by atoms with Gasteiger partial charge in [-0.25, -0.2) is 8.42 Å². The van der Waals surface area contributed by atoms with Crippen molar-refractivity contribution in [3.8, 4) is 6.07 Å². The largest absolute Gasteiger partial charge is 0.379 e. The van der Waals surface area contributed by atoms with Crippen LogP contribution in [0.2, 0.25) is 0 Å². The second kappa shape index (κ2) is 5.98. The number of hydrogen-bond acceptors (Lipinski definition) is 7. The van der Waals surface area contributed by atoms with Crippen molar-refractivity contribution in [1.82, 2.24) is 14.4 Å². The molecule has 1 atom stereocenters. The van der Waals surface area contributed by atoms with E-state index >= 15 is 0 Å². The van der Waals surface area contributed by atoms with Crippen molar-refractivity contribution in [2.45, 2.75) is 30.3 Å². The second-order valence-electron chi connectivity index (χ2n) is 5.63. The number of β-amino-alcohol motifs (C(OH)–C–C–N with tert-alkyl or cyclic N) is 1. The number of nitriles is 1. The molecule has 3 rings (SSSR count). The summed E-state index contributed by atoms with van der Waals surface area (Å²) in [6.07, 6.45) is 0.737. The van der Waals surface area contributed by atoms with E-state index < -0.39 is 15.6 Å². The van der Waals surface area contributed by atoms with Crippen LogP contribution >= 0.6 is 0 Å². The lowest BCUT2D eigenvalue weighted by molar-refractivity contribution is 0.0194. The molecule has 24 heavy (non-hydrogen) atoms. The first-order chi connectivity index (χ1) is 11.4. The molecule has 1 aromatic heterocycles. The predicted octanol–water partition coefficient (Wildman–Crippen LogP) is 0.786. The van der Waals surface area contributed by atoms with Crippen molar-refractivity contribution in [1.29, 1.82) is 5.26 Å². The SMILES string of the molecule is CCc1noc([C@@]2(O)CCN(S(=O)(=O)c3ccc(C#N)cc3)C2)n1. The molecule has 2 heterocycles. The quantitative estimate of drug-likeness (QED) is 0.867. The van der Waals surface area contributed by atoms with E-state index in [2.05, 4.69) is 10.1 Å². The van der Waals surface area contributed by atoms with E-state index in [1.807, 2.05) is 13.0 Å². The van der Waals surface area contributed by atoms with Crippen molar-refractivity contribution in [2.75, 3.05) is 13.1 Å². The molecule has 1 aromatic carbocycles. The fourth-order valence-electron chi connectivity index (χ4n) is 2.58. The average Bonchev–Trinajstić information content (AvgIpc) is 3.23. The molecular weight excluding hydrogens is 332 g/mol. The first-order valence-corrected chi connectivity index (χ1v) is 8.89. The smallest absolute Gasteiger partial charge is 0.260 e. The fourth-order valence-corrected chi connectivity index (χ4v) is 4.07. The zero-order valence-electron chi connectivity index (χ0n) is 13.0. The summed E-state index contributed by atoms with van der Waals surface area (Å²) in [6, 6.07) is 7.60. The number of benzene rings is 1. The molecule has 1 aliphatic rings. The van der Waals surface area contributed by atoms with Crippen LogP contribution in [0.15, 0.2) is 33.7 Å². The maximum Gasteiger partial charge on any atom is 0.260 e. The highest BCUT2D eigenvalue weighted by molar-refractivity contribution is 7.89. The van der Waals surface area contributed by atoms with E-state index in [1.165, 1.54) is 28.6 Å². The summed E-state index contributed by atoms with van der Waals surface area (Å²) in [7, 11) is -3.77. The molecule has 126 valence electrons. The Hall–Kier alpha value is -2.28. The monoisotopic (exact) mass is 348 g/mol. The summed E-state index contributed by atoms with van der Waals surface area (Å²) in [5, 5.41) is 23.2. The number of rotatable bonds is 4. The second-order valence-corrected chi connectivity index (χ2v) is 7.56. The van der Waals surface area contributed by atoms with Gasteiger partial charge in [-0.15, -0.1) is 0 Å². The molecular formula is C15H16N4O4S. The van der Waals surface area contributed by atoms with Crippen LogP contribution in [0.4, 0.5) is 0 Å². The van der Waals surface area contributed by atoms with Gasteiger partial charge in [-0.05, 0) is 24.3 Å². The average molecular weight is 348 g/mol. The van der Waals surface area contributed by atoms with Gasteiger partial charge < -0.3 is 9.63 Å². The molecule has 1 fully saturated rings. The highest BCUT2D eigenvalue weighted by Crippen LogP contribution is 2.34. The van der Waals surface area contributed by atoms with Crippen LogP contribution in [0, 0.1) is 11.3 Å². The number of nitrogens with zero attached hydrogens (tertiary/aromatic N) is 4. The lowest BCUT2D eigenvalue weighted by atomic mass is 10.0. The van der Waals surface area contributed by atoms with Gasteiger partial charge in [0.1, 0.15) is 0 Å². The van der Waals surface area contributed by atoms with Gasteiger partial charge in [0, 0.05) is 19.4 Å². The summed E-state index contributed by atoms with van der Waals surface area (Å²) in [5.74, 6) is 0.503. The van der Waals surface area contributed by atoms with Crippen molar-refractivity contribution in [3.63, 3.8) is 0 Å². The minimum absolute atomic E-state index is 0.0388. The van der Waals surface area contributed by atoms with Crippen LogP contribution in [-0.2, 0) is 22.0 Å². The van der Waals surface area contributed by atoms with E-state index in [0.29, 0.717) is 17.8 Å². The molecule has 0 unspecified atom stereocenters. The molecule has 9 heteroatoms. The molecule has 0 bridgehead atoms. The normalized spacial score (nSPS) is 21.7. The first kappa shape index (κ1) is 16.6. The molecule has 1 saturated heterocycles. The zero-order valence-corrected chi connectivity index (χ0v) is 13.8. The van der Waals surface area contributed by atoms with Crippen LogP contribution in [0.3, 0.4) is 0 Å². The summed E-state index contributed by atoms with van der Waals surface area (Å²) in [5.41, 5.74) is -1.11. The van der Waals surface area contributed by atoms with Crippen LogP contribution in [0.5, 0.6) is 0 Å². The van der Waals surface area contributed by atoms with Crippen molar-refractivity contribution < 1.29 is 18.0 Å². The Balaban J connectivity index is 1.84. The Bertz CT molecular complexity index is 885. The third-order valence-electron chi connectivity index (χ3n) is 4.02. The number of aliphatic hydroxyl groups is 1. The lowest BCUT2D eigenvalue weighted by Crippen LogP contribution is -2.34. The number of aromatic nitrogens is 2. The van der Waals surface area contributed by atoms with Gasteiger partial charge >= 0.3 is 0 Å². The standard InChI is InChI=1S/C15H16N4O4S/c1-2-13-17-14(23-18-13)15(20)7-8-19(10-15)24(21,22)12-5-3-11(9-16)4-6-12/h3-6,20H,2,7-8,10H2,1H3/t15-/m1/s1. The molecule has 0 aliphatic carbocycles. The van der Waals surface area contributed by atoms with Gasteiger partial charge in [0.15, 0.2) is 11.4 Å². The van der Waals surface area contributed by atoms with E-state index in [0.717, 1.165) is 0 Å². The molecule has 2 aromatic rings. The van der Waals surface area contributed by atoms with Crippen LogP contribution in [0.25, 0.3) is 0 Å². The Morgan fingerprint density at radius 3 is 2.71 bits per heavy atom. The van der Waals surface area contributed by atoms with E-state index in [9.17, 15) is 13.5 Å². The van der Waals surface area contributed by atoms with Gasteiger partial charge in [-0.1, -0.05) is 12.1 Å². The summed E-state index contributed by atoms with van der Waals surface area (Å²) in [4.78, 5) is 4.18. The predicted molar refractivity (Wildman–Crippen MR) is 82.1 cm³/mol. The van der Waals surface area contributed by atoms with Gasteiger partial charge in [0.2, 0.25) is 10.0 Å². The fraction of sp³-hybridized carbons (Fsp3) is 0.400. The van der Waals surface area contributed by atoms with Gasteiger partial charge in [0.05, 0.1) is 23.1 Å². The third-order valence-corrected chi connectivity index (χ3v) is 5.88. The molecule has 0 saturated carbocycles. The maximum absolute atomic E-state index is 12.7. The van der Waals surface area contributed by atoms with Crippen LogP contribution < -0.4 is 0 Å². The highest BCUT2D eigenvalue weighted by atomic mass is 32.2. The van der Waals surface area contributed by atoms with Gasteiger partial charge in [0.25, 0.3) is 5.89 Å². The Labute approximate surface area is 139 Å². The van der Waals surface area contributed by atoms with Crippen molar-refractivity contribution in [2.24, 2.45) is 0 Å². The van der Waals surface area contributed by atoms with E-state index in [4.69, 9.17) is 9.78 Å². The zero-order chi connectivity index (χ0) is 17.4. The molecule has 1 N–H and O–H groups in total. The third kappa shape index (κ3) is 2.80. The number of aryl methyl sites for hydroxylation is 1. The maximum atomic E-state index is 12.7. The van der Waals surface area contributed by atoms with Gasteiger partial charge in [-0.2, -0.15) is 14.6 Å². The summed E-state index contributed by atoms with van der Waals surface area (Å²) < 4.78 is 31.6. The lowest BCUT2D eigenvalue weighted by Gasteiger charge is -2.19. The summed E-state index contributed by atoms with van der Waals surface area (Å²) >= 11 is 0. The number of hydrogen-bond donors (Lipinski definition) is 1. The van der Waals surface area contributed by atoms with Crippen LogP contribution in [-0.4, -0.2) is 41.1 Å². The minimum atomic E-state index is -3.77. The van der Waals surface area contributed by atoms with Gasteiger partial charge in [-0.3, -0.25) is 0 Å². The Kier molecular flexibility index (Phi) is 4.13. The Morgan fingerprint density at radius 1 is 1.42 bits per heavy atom. The minimum Gasteiger partial charge on any atom is -0.379 e. The summed E-state index contributed by atoms with van der Waals surface area (Å²) in [6.45, 7) is 1.85. The van der Waals surface area contributed by atoms with Crippen LogP contribution in [0.1, 0.15) is 30.6 Å². The molecule has 0 amide bonds. The molecule has 0 spiro atoms. The van der Waals surface area contributed by atoms with E-state index in [1.54, 1.807) is 0 Å².